The van der Waals surface area contributed by atoms with E-state index in [0.29, 0.717) is 0 Å². The first-order valence-corrected chi connectivity index (χ1v) is 6.12. The fraction of sp³-hybridized carbons (Fsp3) is 0.167. The molecule has 2 N–H and O–H groups in total. The molecular formula is C12H11NO4S. The van der Waals surface area contributed by atoms with Crippen LogP contribution in [0.15, 0.2) is 27.7 Å². The maximum atomic E-state index is 11.7. The molecule has 0 aromatic carbocycles. The third-order valence-electron chi connectivity index (χ3n) is 2.62. The van der Waals surface area contributed by atoms with Crippen molar-refractivity contribution in [2.45, 2.75) is 13.5 Å². The molecule has 0 spiro atoms. The van der Waals surface area contributed by atoms with Crippen LogP contribution >= 0.6 is 11.3 Å². The number of rotatable bonds is 3. The number of nitrogens with zero attached hydrogens (tertiary/aromatic N) is 1. The predicted octanol–water partition coefficient (Wildman–Crippen LogP) is 1.67. The van der Waals surface area contributed by atoms with Gasteiger partial charge < -0.3 is 10.2 Å². The quantitative estimate of drug-likeness (QED) is 0.884. The number of aromatic hydroxyl groups is 1. The van der Waals surface area contributed by atoms with Gasteiger partial charge in [-0.3, -0.25) is 9.36 Å². The first kappa shape index (κ1) is 12.4. The highest BCUT2D eigenvalue weighted by molar-refractivity contribution is 7.08. The summed E-state index contributed by atoms with van der Waals surface area (Å²) in [6, 6.07) is 2.08. The highest BCUT2D eigenvalue weighted by Crippen LogP contribution is 2.16. The van der Waals surface area contributed by atoms with Crippen LogP contribution in [0.25, 0.3) is 0 Å². The van der Waals surface area contributed by atoms with Crippen molar-refractivity contribution in [1.29, 1.82) is 0 Å². The molecule has 0 saturated heterocycles. The molecule has 2 rings (SSSR count). The molecule has 0 aliphatic carbocycles. The molecule has 6 heteroatoms. The second-order valence-corrected chi connectivity index (χ2v) is 4.65. The fourth-order valence-electron chi connectivity index (χ4n) is 1.64. The number of carboxylic acid groups (broad SMARTS) is 1. The van der Waals surface area contributed by atoms with Gasteiger partial charge in [-0.2, -0.15) is 11.3 Å². The van der Waals surface area contributed by atoms with Gasteiger partial charge in [-0.25, -0.2) is 4.79 Å². The fourth-order valence-corrected chi connectivity index (χ4v) is 2.49. The summed E-state index contributed by atoms with van der Waals surface area (Å²) in [5.41, 5.74) is 1.16. The maximum absolute atomic E-state index is 11.7. The molecule has 0 aliphatic heterocycles. The van der Waals surface area contributed by atoms with Gasteiger partial charge in [0.25, 0.3) is 5.56 Å². The smallest absolute Gasteiger partial charge is 0.352 e. The Labute approximate surface area is 107 Å². The van der Waals surface area contributed by atoms with Gasteiger partial charge in [-0.05, 0) is 28.8 Å². The van der Waals surface area contributed by atoms with E-state index in [2.05, 4.69) is 0 Å². The topological polar surface area (TPSA) is 79.5 Å². The predicted molar refractivity (Wildman–Crippen MR) is 67.5 cm³/mol. The van der Waals surface area contributed by atoms with E-state index in [9.17, 15) is 14.7 Å². The summed E-state index contributed by atoms with van der Waals surface area (Å²) >= 11 is 1.50. The molecule has 0 aliphatic rings. The van der Waals surface area contributed by atoms with Crippen molar-refractivity contribution >= 4 is 17.3 Å². The Kier molecular flexibility index (Phi) is 3.20. The van der Waals surface area contributed by atoms with Crippen LogP contribution in [-0.4, -0.2) is 20.7 Å². The molecule has 0 unspecified atom stereocenters. The van der Waals surface area contributed by atoms with Crippen LogP contribution in [0.4, 0.5) is 0 Å². The van der Waals surface area contributed by atoms with Gasteiger partial charge in [0, 0.05) is 12.1 Å². The minimum Gasteiger partial charge on any atom is -0.508 e. The minimum atomic E-state index is -1.24. The average Bonchev–Trinajstić information content (AvgIpc) is 2.67. The number of aromatic nitrogens is 1. The monoisotopic (exact) mass is 265 g/mol. The van der Waals surface area contributed by atoms with Gasteiger partial charge in [0.1, 0.15) is 11.4 Å². The first-order valence-electron chi connectivity index (χ1n) is 5.18. The normalized spacial score (nSPS) is 10.5. The summed E-state index contributed by atoms with van der Waals surface area (Å²) in [6.45, 7) is 2.09. The summed E-state index contributed by atoms with van der Waals surface area (Å²) in [7, 11) is 0. The Hall–Kier alpha value is -2.08. The lowest BCUT2D eigenvalue weighted by Gasteiger charge is -2.09. The van der Waals surface area contributed by atoms with Gasteiger partial charge >= 0.3 is 5.97 Å². The number of carboxylic acids is 1. The summed E-state index contributed by atoms with van der Waals surface area (Å²) in [5, 5.41) is 22.1. The zero-order valence-electron chi connectivity index (χ0n) is 9.58. The Balaban J connectivity index is 2.53. The third-order valence-corrected chi connectivity index (χ3v) is 3.53. The molecule has 2 aromatic rings. The molecule has 0 saturated carbocycles. The van der Waals surface area contributed by atoms with E-state index >= 15 is 0 Å². The van der Waals surface area contributed by atoms with Gasteiger partial charge in [0.2, 0.25) is 0 Å². The molecule has 2 aromatic heterocycles. The average molecular weight is 265 g/mol. The molecule has 0 atom stereocenters. The van der Waals surface area contributed by atoms with E-state index in [1.165, 1.54) is 11.3 Å². The Morgan fingerprint density at radius 3 is 2.67 bits per heavy atom. The first-order chi connectivity index (χ1) is 8.49. The van der Waals surface area contributed by atoms with E-state index in [1.807, 2.05) is 17.7 Å². The zero-order valence-corrected chi connectivity index (χ0v) is 10.4. The SMILES string of the molecule is Cc1cscc1Cn1c(C(=O)O)cc(O)cc1=O. The van der Waals surface area contributed by atoms with Crippen molar-refractivity contribution in [3.05, 3.63) is 50.1 Å². The lowest BCUT2D eigenvalue weighted by molar-refractivity contribution is 0.0683. The second-order valence-electron chi connectivity index (χ2n) is 3.91. The number of hydrogen-bond donors (Lipinski definition) is 2. The van der Waals surface area contributed by atoms with Crippen LogP contribution in [-0.2, 0) is 6.54 Å². The highest BCUT2D eigenvalue weighted by atomic mass is 32.1. The molecule has 0 fully saturated rings. The van der Waals surface area contributed by atoms with E-state index in [4.69, 9.17) is 5.11 Å². The van der Waals surface area contributed by atoms with E-state index in [1.54, 1.807) is 0 Å². The van der Waals surface area contributed by atoms with Crippen LogP contribution in [0.3, 0.4) is 0 Å². The Morgan fingerprint density at radius 1 is 1.39 bits per heavy atom. The van der Waals surface area contributed by atoms with E-state index in [0.717, 1.165) is 27.8 Å². The lowest BCUT2D eigenvalue weighted by atomic mass is 10.2. The maximum Gasteiger partial charge on any atom is 0.352 e. The van der Waals surface area contributed by atoms with Crippen molar-refractivity contribution in [2.24, 2.45) is 0 Å². The lowest BCUT2D eigenvalue weighted by Crippen LogP contribution is -2.25. The third kappa shape index (κ3) is 2.28. The van der Waals surface area contributed by atoms with Crippen molar-refractivity contribution in [2.75, 3.05) is 0 Å². The minimum absolute atomic E-state index is 0.191. The van der Waals surface area contributed by atoms with Crippen LogP contribution in [0, 0.1) is 6.92 Å². The number of hydrogen-bond acceptors (Lipinski definition) is 4. The summed E-state index contributed by atoms with van der Waals surface area (Å²) < 4.78 is 1.14. The number of aromatic carboxylic acids is 1. The van der Waals surface area contributed by atoms with Crippen LogP contribution in [0.1, 0.15) is 21.6 Å². The van der Waals surface area contributed by atoms with Crippen LogP contribution in [0.2, 0.25) is 0 Å². The molecular weight excluding hydrogens is 254 g/mol. The molecule has 0 radical (unpaired) electrons. The van der Waals surface area contributed by atoms with Gasteiger partial charge in [0.05, 0.1) is 6.54 Å². The Bertz CT molecular complexity index is 656. The number of aryl methyl sites for hydroxylation is 1. The van der Waals surface area contributed by atoms with Crippen molar-refractivity contribution < 1.29 is 15.0 Å². The van der Waals surface area contributed by atoms with Crippen molar-refractivity contribution in [3.63, 3.8) is 0 Å². The van der Waals surface area contributed by atoms with E-state index in [-0.39, 0.29) is 18.0 Å². The van der Waals surface area contributed by atoms with Gasteiger partial charge in [-0.1, -0.05) is 0 Å². The van der Waals surface area contributed by atoms with Crippen molar-refractivity contribution in [3.8, 4) is 5.75 Å². The van der Waals surface area contributed by atoms with Crippen LogP contribution < -0.4 is 5.56 Å². The standard InChI is InChI=1S/C12H11NO4S/c1-7-5-18-6-8(7)4-13-10(12(16)17)2-9(14)3-11(13)15/h2-3,5-6,14H,4H2,1H3,(H,16,17). The molecule has 0 amide bonds. The largest absolute Gasteiger partial charge is 0.508 e. The van der Waals surface area contributed by atoms with Gasteiger partial charge in [0.15, 0.2) is 0 Å². The van der Waals surface area contributed by atoms with Crippen LogP contribution in [0.5, 0.6) is 5.75 Å². The molecule has 2 heterocycles. The number of carbonyl (C=O) groups is 1. The van der Waals surface area contributed by atoms with E-state index < -0.39 is 11.5 Å². The molecule has 0 bridgehead atoms. The highest BCUT2D eigenvalue weighted by Gasteiger charge is 2.14. The molecule has 18 heavy (non-hydrogen) atoms. The molecule has 5 nitrogen and oxygen atoms in total. The Morgan fingerprint density at radius 2 is 2.11 bits per heavy atom. The number of pyridine rings is 1. The second kappa shape index (κ2) is 4.66. The number of thiophene rings is 1. The summed E-state index contributed by atoms with van der Waals surface area (Å²) in [4.78, 5) is 22.8. The molecule has 94 valence electrons. The summed E-state index contributed by atoms with van der Waals surface area (Å²) in [5.74, 6) is -1.58. The van der Waals surface area contributed by atoms with Crippen molar-refractivity contribution in [1.82, 2.24) is 4.57 Å². The van der Waals surface area contributed by atoms with Gasteiger partial charge in [-0.15, -0.1) is 0 Å². The zero-order chi connectivity index (χ0) is 13.3. The summed E-state index contributed by atoms with van der Waals surface area (Å²) in [6.07, 6.45) is 0.